The van der Waals surface area contributed by atoms with E-state index in [0.29, 0.717) is 26.2 Å². The van der Waals surface area contributed by atoms with Gasteiger partial charge in [0.1, 0.15) is 18.1 Å². The fourth-order valence-corrected chi connectivity index (χ4v) is 4.14. The molecule has 2 amide bonds. The number of hydrogen-bond acceptors (Lipinski definition) is 6. The molecule has 1 fully saturated rings. The Morgan fingerprint density at radius 1 is 1.00 bits per heavy atom. The summed E-state index contributed by atoms with van der Waals surface area (Å²) < 4.78 is 19.4. The van der Waals surface area contributed by atoms with Gasteiger partial charge in [0.05, 0.1) is 18.4 Å². The molecule has 0 N–H and O–H groups in total. The van der Waals surface area contributed by atoms with Gasteiger partial charge in [-0.25, -0.2) is 4.39 Å². The molecule has 2 aromatic carbocycles. The maximum atomic E-state index is 14.2. The first kappa shape index (κ1) is 25.1. The van der Waals surface area contributed by atoms with Crippen LogP contribution in [-0.2, 0) is 4.79 Å². The molecule has 0 aliphatic carbocycles. The maximum Gasteiger partial charge on any atom is 0.257 e. The SMILES string of the molecule is COc1cccc(-c2ccc(N3CCN(C(=O)CN(C(=O)c4ccccc4F)C(C)C)CC3)nn2)c1. The van der Waals surface area contributed by atoms with Gasteiger partial charge in [0, 0.05) is 37.8 Å². The molecule has 0 atom stereocenters. The monoisotopic (exact) mass is 491 g/mol. The van der Waals surface area contributed by atoms with Crippen LogP contribution in [0.4, 0.5) is 10.2 Å². The lowest BCUT2D eigenvalue weighted by molar-refractivity contribution is -0.132. The third kappa shape index (κ3) is 5.62. The largest absolute Gasteiger partial charge is 0.497 e. The first-order valence-electron chi connectivity index (χ1n) is 11.9. The van der Waals surface area contributed by atoms with Crippen molar-refractivity contribution in [2.24, 2.45) is 0 Å². The summed E-state index contributed by atoms with van der Waals surface area (Å²) in [6.45, 7) is 5.73. The summed E-state index contributed by atoms with van der Waals surface area (Å²) in [7, 11) is 1.62. The van der Waals surface area contributed by atoms with Crippen LogP contribution in [0.2, 0.25) is 0 Å². The second-order valence-corrected chi connectivity index (χ2v) is 8.88. The van der Waals surface area contributed by atoms with Crippen LogP contribution in [0.25, 0.3) is 11.3 Å². The summed E-state index contributed by atoms with van der Waals surface area (Å²) in [4.78, 5) is 31.2. The number of nitrogens with zero attached hydrogens (tertiary/aromatic N) is 5. The van der Waals surface area contributed by atoms with Gasteiger partial charge in [-0.05, 0) is 50.2 Å². The minimum Gasteiger partial charge on any atom is -0.497 e. The van der Waals surface area contributed by atoms with Crippen LogP contribution in [0.15, 0.2) is 60.7 Å². The molecule has 3 aromatic rings. The summed E-state index contributed by atoms with van der Waals surface area (Å²) in [5.74, 6) is 0.264. The highest BCUT2D eigenvalue weighted by atomic mass is 19.1. The van der Waals surface area contributed by atoms with Gasteiger partial charge in [0.2, 0.25) is 5.91 Å². The number of carbonyl (C=O) groups excluding carboxylic acids is 2. The van der Waals surface area contributed by atoms with Crippen molar-refractivity contribution in [1.82, 2.24) is 20.0 Å². The van der Waals surface area contributed by atoms with E-state index < -0.39 is 11.7 Å². The van der Waals surface area contributed by atoms with E-state index in [9.17, 15) is 14.0 Å². The Labute approximate surface area is 210 Å². The van der Waals surface area contributed by atoms with Crippen molar-refractivity contribution in [1.29, 1.82) is 0 Å². The summed E-state index contributed by atoms with van der Waals surface area (Å²) in [5, 5.41) is 8.75. The Bertz CT molecular complexity index is 1210. The van der Waals surface area contributed by atoms with Crippen LogP contribution < -0.4 is 9.64 Å². The highest BCUT2D eigenvalue weighted by Gasteiger charge is 2.28. The average Bonchev–Trinajstić information content (AvgIpc) is 2.91. The second kappa shape index (κ2) is 11.2. The molecule has 4 rings (SSSR count). The Kier molecular flexibility index (Phi) is 7.77. The van der Waals surface area contributed by atoms with Gasteiger partial charge in [0.25, 0.3) is 5.91 Å². The van der Waals surface area contributed by atoms with E-state index in [1.165, 1.54) is 23.1 Å². The van der Waals surface area contributed by atoms with E-state index in [1.54, 1.807) is 18.1 Å². The molecule has 2 heterocycles. The van der Waals surface area contributed by atoms with Crippen molar-refractivity contribution in [3.63, 3.8) is 0 Å². The van der Waals surface area contributed by atoms with Crippen molar-refractivity contribution in [2.45, 2.75) is 19.9 Å². The Balaban J connectivity index is 1.35. The topological polar surface area (TPSA) is 78.9 Å². The van der Waals surface area contributed by atoms with Gasteiger partial charge in [-0.1, -0.05) is 24.3 Å². The van der Waals surface area contributed by atoms with Crippen LogP contribution in [0.3, 0.4) is 0 Å². The van der Waals surface area contributed by atoms with E-state index in [2.05, 4.69) is 15.1 Å². The maximum absolute atomic E-state index is 14.2. The smallest absolute Gasteiger partial charge is 0.257 e. The third-order valence-corrected chi connectivity index (χ3v) is 6.27. The zero-order valence-electron chi connectivity index (χ0n) is 20.7. The number of anilines is 1. The van der Waals surface area contributed by atoms with Crippen LogP contribution >= 0.6 is 0 Å². The van der Waals surface area contributed by atoms with Crippen molar-refractivity contribution < 1.29 is 18.7 Å². The first-order valence-corrected chi connectivity index (χ1v) is 11.9. The highest BCUT2D eigenvalue weighted by Crippen LogP contribution is 2.23. The molecule has 0 spiro atoms. The minimum atomic E-state index is -0.590. The number of piperazine rings is 1. The zero-order chi connectivity index (χ0) is 25.7. The average molecular weight is 492 g/mol. The summed E-state index contributed by atoms with van der Waals surface area (Å²) in [6, 6.07) is 17.1. The van der Waals surface area contributed by atoms with Crippen molar-refractivity contribution >= 4 is 17.6 Å². The predicted octanol–water partition coefficient (Wildman–Crippen LogP) is 3.49. The lowest BCUT2D eigenvalue weighted by atomic mass is 10.1. The molecule has 0 radical (unpaired) electrons. The van der Waals surface area contributed by atoms with E-state index in [-0.39, 0.29) is 24.1 Å². The number of aromatic nitrogens is 2. The van der Waals surface area contributed by atoms with Crippen LogP contribution in [-0.4, -0.2) is 77.7 Å². The molecule has 36 heavy (non-hydrogen) atoms. The third-order valence-electron chi connectivity index (χ3n) is 6.27. The second-order valence-electron chi connectivity index (χ2n) is 8.88. The molecule has 188 valence electrons. The van der Waals surface area contributed by atoms with Crippen molar-refractivity contribution in [3.05, 3.63) is 72.0 Å². The van der Waals surface area contributed by atoms with Gasteiger partial charge >= 0.3 is 0 Å². The highest BCUT2D eigenvalue weighted by molar-refractivity contribution is 5.97. The first-order chi connectivity index (χ1) is 17.4. The number of methoxy groups -OCH3 is 1. The number of amides is 2. The standard InChI is InChI=1S/C27H30FN5O3/c1-19(2)33(27(35)22-9-4-5-10-23(22)28)18-26(34)32-15-13-31(14-16-32)25-12-11-24(29-30-25)20-7-6-8-21(17-20)36-3/h4-12,17,19H,13-16,18H2,1-3H3. The number of halogens is 1. The van der Waals surface area contributed by atoms with Crippen LogP contribution in [0, 0.1) is 5.82 Å². The molecule has 8 nitrogen and oxygen atoms in total. The molecule has 0 saturated carbocycles. The molecule has 1 aliphatic heterocycles. The normalized spacial score (nSPS) is 13.6. The van der Waals surface area contributed by atoms with E-state index >= 15 is 0 Å². The lowest BCUT2D eigenvalue weighted by Crippen LogP contribution is -2.53. The lowest BCUT2D eigenvalue weighted by Gasteiger charge is -2.36. The summed E-state index contributed by atoms with van der Waals surface area (Å²) in [5.41, 5.74) is 1.64. The molecular formula is C27H30FN5O3. The number of rotatable bonds is 7. The van der Waals surface area contributed by atoms with Crippen molar-refractivity contribution in [3.8, 4) is 17.0 Å². The van der Waals surface area contributed by atoms with Gasteiger partial charge in [0.15, 0.2) is 5.82 Å². The van der Waals surface area contributed by atoms with Crippen molar-refractivity contribution in [2.75, 3.05) is 44.7 Å². The van der Waals surface area contributed by atoms with Gasteiger partial charge in [-0.15, -0.1) is 10.2 Å². The summed E-state index contributed by atoms with van der Waals surface area (Å²) in [6.07, 6.45) is 0. The molecular weight excluding hydrogens is 461 g/mol. The van der Waals surface area contributed by atoms with Gasteiger partial charge in [-0.2, -0.15) is 0 Å². The Morgan fingerprint density at radius 2 is 1.75 bits per heavy atom. The van der Waals surface area contributed by atoms with E-state index in [4.69, 9.17) is 4.74 Å². The Morgan fingerprint density at radius 3 is 2.39 bits per heavy atom. The molecule has 1 aromatic heterocycles. The number of benzene rings is 2. The van der Waals surface area contributed by atoms with Crippen LogP contribution in [0.1, 0.15) is 24.2 Å². The fourth-order valence-electron chi connectivity index (χ4n) is 4.14. The molecule has 0 unspecified atom stereocenters. The number of ether oxygens (including phenoxy) is 1. The number of hydrogen-bond donors (Lipinski definition) is 0. The quantitative estimate of drug-likeness (QED) is 0.504. The zero-order valence-corrected chi connectivity index (χ0v) is 20.7. The molecule has 1 saturated heterocycles. The van der Waals surface area contributed by atoms with Gasteiger partial charge < -0.3 is 19.4 Å². The van der Waals surface area contributed by atoms with Crippen LogP contribution in [0.5, 0.6) is 5.75 Å². The summed E-state index contributed by atoms with van der Waals surface area (Å²) >= 11 is 0. The Hall–Kier alpha value is -4.01. The van der Waals surface area contributed by atoms with E-state index in [0.717, 1.165) is 22.8 Å². The molecule has 1 aliphatic rings. The molecule has 9 heteroatoms. The minimum absolute atomic E-state index is 0.0280. The molecule has 0 bridgehead atoms. The fraction of sp³-hybridized carbons (Fsp3) is 0.333. The van der Waals surface area contributed by atoms with E-state index in [1.807, 2.05) is 50.2 Å². The predicted molar refractivity (Wildman–Crippen MR) is 135 cm³/mol. The van der Waals surface area contributed by atoms with Gasteiger partial charge in [-0.3, -0.25) is 9.59 Å². The number of carbonyl (C=O) groups is 2.